The molecule has 0 aromatic heterocycles. The molecule has 0 heterocycles. The molecule has 1 aromatic rings. The van der Waals surface area contributed by atoms with Crippen molar-refractivity contribution in [3.05, 3.63) is 47.5 Å². The first-order valence-electron chi connectivity index (χ1n) is 7.04. The average Bonchev–Trinajstić information content (AvgIpc) is 2.43. The molecule has 0 unspecified atom stereocenters. The van der Waals surface area contributed by atoms with E-state index in [4.69, 9.17) is 9.47 Å². The van der Waals surface area contributed by atoms with Crippen molar-refractivity contribution in [1.29, 1.82) is 0 Å². The molecule has 118 valence electrons. The summed E-state index contributed by atoms with van der Waals surface area (Å²) in [6.07, 6.45) is 0.147. The van der Waals surface area contributed by atoms with Gasteiger partial charge in [-0.25, -0.2) is 9.59 Å². The minimum Gasteiger partial charge on any atom is -0.459 e. The quantitative estimate of drug-likeness (QED) is 0.266. The predicted molar refractivity (Wildman–Crippen MR) is 81.3 cm³/mol. The van der Waals surface area contributed by atoms with E-state index in [0.29, 0.717) is 5.56 Å². The van der Waals surface area contributed by atoms with Gasteiger partial charge in [-0.2, -0.15) is 0 Å². The highest BCUT2D eigenvalue weighted by Crippen LogP contribution is 2.10. The van der Waals surface area contributed by atoms with Gasteiger partial charge in [0.2, 0.25) is 0 Å². The molecule has 0 aliphatic rings. The van der Waals surface area contributed by atoms with E-state index in [-0.39, 0.29) is 0 Å². The van der Waals surface area contributed by atoms with Crippen LogP contribution in [0.3, 0.4) is 0 Å². The van der Waals surface area contributed by atoms with Crippen LogP contribution >= 0.6 is 0 Å². The molecule has 1 aromatic carbocycles. The van der Waals surface area contributed by atoms with Crippen molar-refractivity contribution in [3.63, 3.8) is 0 Å². The number of rotatable bonds is 6. The van der Waals surface area contributed by atoms with Crippen molar-refractivity contribution in [2.45, 2.75) is 39.9 Å². The minimum atomic E-state index is -0.870. The lowest BCUT2D eigenvalue weighted by Crippen LogP contribution is -2.24. The molecule has 0 aliphatic heterocycles. The van der Waals surface area contributed by atoms with Crippen molar-refractivity contribution in [2.75, 3.05) is 0 Å². The number of carbonyl (C=O) groups excluding carboxylic acids is 3. The van der Waals surface area contributed by atoms with E-state index in [1.54, 1.807) is 58.0 Å². The van der Waals surface area contributed by atoms with Gasteiger partial charge in [0.1, 0.15) is 5.57 Å². The van der Waals surface area contributed by atoms with Gasteiger partial charge in [0.25, 0.3) is 0 Å². The van der Waals surface area contributed by atoms with Crippen LogP contribution in [0.5, 0.6) is 0 Å². The van der Waals surface area contributed by atoms with Gasteiger partial charge in [-0.3, -0.25) is 4.79 Å². The van der Waals surface area contributed by atoms with Crippen molar-refractivity contribution in [1.82, 2.24) is 0 Å². The van der Waals surface area contributed by atoms with Crippen molar-refractivity contribution >= 4 is 17.7 Å². The number of allylic oxidation sites excluding steroid dienone is 1. The second-order valence-corrected chi connectivity index (χ2v) is 5.20. The monoisotopic (exact) mass is 304 g/mol. The lowest BCUT2D eigenvalue weighted by Gasteiger charge is -2.12. The predicted octanol–water partition coefficient (Wildman–Crippen LogP) is 2.70. The zero-order valence-electron chi connectivity index (χ0n) is 13.2. The average molecular weight is 304 g/mol. The van der Waals surface area contributed by atoms with Crippen LogP contribution in [-0.4, -0.2) is 29.9 Å². The third-order valence-corrected chi connectivity index (χ3v) is 2.46. The molecule has 0 radical (unpaired) electrons. The zero-order chi connectivity index (χ0) is 16.7. The van der Waals surface area contributed by atoms with Gasteiger partial charge >= 0.3 is 11.9 Å². The Labute approximate surface area is 129 Å². The normalized spacial score (nSPS) is 10.3. The molecular weight excluding hydrogens is 284 g/mol. The van der Waals surface area contributed by atoms with Gasteiger partial charge in [0.15, 0.2) is 5.78 Å². The Morgan fingerprint density at radius 3 is 1.73 bits per heavy atom. The molecule has 1 rings (SSSR count). The highest BCUT2D eigenvalue weighted by molar-refractivity contribution is 6.20. The van der Waals surface area contributed by atoms with Gasteiger partial charge in [0, 0.05) is 11.6 Å². The number of ketones is 1. The highest BCUT2D eigenvalue weighted by Gasteiger charge is 2.24. The molecule has 0 atom stereocenters. The molecular formula is C17H20O5. The maximum atomic E-state index is 12.1. The summed E-state index contributed by atoms with van der Waals surface area (Å²) in [5, 5.41) is 0. The summed E-state index contributed by atoms with van der Waals surface area (Å²) in [4.78, 5) is 36.1. The fraction of sp³-hybridized carbons (Fsp3) is 0.353. The van der Waals surface area contributed by atoms with Crippen LogP contribution in [-0.2, 0) is 19.1 Å². The van der Waals surface area contributed by atoms with E-state index in [0.717, 1.165) is 6.08 Å². The largest absolute Gasteiger partial charge is 0.459 e. The first kappa shape index (κ1) is 17.6. The Morgan fingerprint density at radius 2 is 1.32 bits per heavy atom. The van der Waals surface area contributed by atoms with Gasteiger partial charge in [-0.1, -0.05) is 30.3 Å². The first-order chi connectivity index (χ1) is 10.3. The summed E-state index contributed by atoms with van der Waals surface area (Å²) in [5.74, 6) is -2.20. The lowest BCUT2D eigenvalue weighted by atomic mass is 10.1. The smallest absolute Gasteiger partial charge is 0.345 e. The van der Waals surface area contributed by atoms with Crippen LogP contribution in [0.4, 0.5) is 0 Å². The molecule has 0 bridgehead atoms. The SMILES string of the molecule is CC(C)OC(=O)C(=CC(=O)c1ccccc1)C(=O)OC(C)C. The van der Waals surface area contributed by atoms with Crippen molar-refractivity contribution in [2.24, 2.45) is 0 Å². The molecule has 5 nitrogen and oxygen atoms in total. The lowest BCUT2D eigenvalue weighted by molar-refractivity contribution is -0.150. The van der Waals surface area contributed by atoms with Gasteiger partial charge < -0.3 is 9.47 Å². The summed E-state index contributed by atoms with van der Waals surface area (Å²) in [6, 6.07) is 8.34. The molecule has 5 heteroatoms. The number of carbonyl (C=O) groups is 3. The summed E-state index contributed by atoms with van der Waals surface area (Å²) >= 11 is 0. The minimum absolute atomic E-state index is 0.370. The Bertz CT molecular complexity index is 546. The fourth-order valence-corrected chi connectivity index (χ4v) is 1.57. The third-order valence-electron chi connectivity index (χ3n) is 2.46. The second-order valence-electron chi connectivity index (χ2n) is 5.20. The first-order valence-corrected chi connectivity index (χ1v) is 7.04. The van der Waals surface area contributed by atoms with Crippen LogP contribution < -0.4 is 0 Å². The summed E-state index contributed by atoms with van der Waals surface area (Å²) in [7, 11) is 0. The van der Waals surface area contributed by atoms with Crippen LogP contribution in [0.2, 0.25) is 0 Å². The molecule has 0 spiro atoms. The van der Waals surface area contributed by atoms with E-state index < -0.39 is 35.5 Å². The molecule has 0 N–H and O–H groups in total. The van der Waals surface area contributed by atoms with E-state index in [9.17, 15) is 14.4 Å². The number of esters is 2. The maximum Gasteiger partial charge on any atom is 0.345 e. The molecule has 0 saturated heterocycles. The molecule has 0 fully saturated rings. The maximum absolute atomic E-state index is 12.1. The molecule has 22 heavy (non-hydrogen) atoms. The van der Waals surface area contributed by atoms with E-state index in [1.165, 1.54) is 0 Å². The van der Waals surface area contributed by atoms with Gasteiger partial charge in [-0.15, -0.1) is 0 Å². The van der Waals surface area contributed by atoms with Crippen LogP contribution in [0.15, 0.2) is 42.0 Å². The van der Waals surface area contributed by atoms with Crippen LogP contribution in [0, 0.1) is 0 Å². The molecule has 0 aliphatic carbocycles. The number of benzene rings is 1. The zero-order valence-corrected chi connectivity index (χ0v) is 13.2. The van der Waals surface area contributed by atoms with Crippen molar-refractivity contribution in [3.8, 4) is 0 Å². The van der Waals surface area contributed by atoms with E-state index in [1.807, 2.05) is 0 Å². The van der Waals surface area contributed by atoms with Gasteiger partial charge in [0.05, 0.1) is 12.2 Å². The third kappa shape index (κ3) is 5.52. The Morgan fingerprint density at radius 1 is 0.864 bits per heavy atom. The second kappa shape index (κ2) is 8.12. The van der Waals surface area contributed by atoms with Crippen LogP contribution in [0.1, 0.15) is 38.1 Å². The Balaban J connectivity index is 3.08. The number of hydrogen-bond donors (Lipinski definition) is 0. The van der Waals surface area contributed by atoms with E-state index >= 15 is 0 Å². The summed E-state index contributed by atoms with van der Waals surface area (Å²) < 4.78 is 9.98. The Hall–Kier alpha value is -2.43. The molecule has 0 saturated carbocycles. The number of hydrogen-bond acceptors (Lipinski definition) is 5. The topological polar surface area (TPSA) is 69.7 Å². The summed E-state index contributed by atoms with van der Waals surface area (Å²) in [5.41, 5.74) is -0.0362. The van der Waals surface area contributed by atoms with Crippen LogP contribution in [0.25, 0.3) is 0 Å². The molecule has 0 amide bonds. The highest BCUT2D eigenvalue weighted by atomic mass is 16.6. The summed E-state index contributed by atoms with van der Waals surface area (Å²) in [6.45, 7) is 6.62. The van der Waals surface area contributed by atoms with Gasteiger partial charge in [-0.05, 0) is 27.7 Å². The number of ether oxygens (including phenoxy) is 2. The Kier molecular flexibility index (Phi) is 6.50. The van der Waals surface area contributed by atoms with Crippen molar-refractivity contribution < 1.29 is 23.9 Å². The fourth-order valence-electron chi connectivity index (χ4n) is 1.57. The standard InChI is InChI=1S/C17H20O5/c1-11(2)21-16(19)14(17(20)22-12(3)4)10-15(18)13-8-6-5-7-9-13/h5-12H,1-4H3. The van der Waals surface area contributed by atoms with E-state index in [2.05, 4.69) is 0 Å².